The predicted molar refractivity (Wildman–Crippen MR) is 93.9 cm³/mol. The Balaban J connectivity index is 1.63. The number of H-pyrrole nitrogens is 1. The molecule has 1 aliphatic heterocycles. The van der Waals surface area contributed by atoms with Crippen LogP contribution in [0.25, 0.3) is 11.0 Å². The number of imidazole rings is 1. The monoisotopic (exact) mass is 327 g/mol. The van der Waals surface area contributed by atoms with Crippen LogP contribution in [0.1, 0.15) is 29.6 Å². The average Bonchev–Trinajstić information content (AvgIpc) is 3.23. The summed E-state index contributed by atoms with van der Waals surface area (Å²) >= 11 is 1.73. The van der Waals surface area contributed by atoms with Crippen LogP contribution >= 0.6 is 11.3 Å². The fourth-order valence-corrected chi connectivity index (χ4v) is 3.88. The molecule has 4 nitrogen and oxygen atoms in total. The highest BCUT2D eigenvalue weighted by atomic mass is 32.1. The number of thiophene rings is 1. The molecule has 3 aromatic rings. The van der Waals surface area contributed by atoms with Crippen LogP contribution in [0.4, 0.5) is 0 Å². The minimum Gasteiger partial charge on any atom is -0.361 e. The molecule has 0 bridgehead atoms. The van der Waals surface area contributed by atoms with Gasteiger partial charge in [-0.25, -0.2) is 4.98 Å². The van der Waals surface area contributed by atoms with Crippen molar-refractivity contribution in [1.82, 2.24) is 14.9 Å². The third kappa shape index (κ3) is 3.17. The summed E-state index contributed by atoms with van der Waals surface area (Å²) in [5.41, 5.74) is 2.06. The van der Waals surface area contributed by atoms with Gasteiger partial charge in [-0.05, 0) is 43.5 Å². The lowest BCUT2D eigenvalue weighted by Crippen LogP contribution is -2.35. The van der Waals surface area contributed by atoms with Crippen LogP contribution in [0, 0.1) is 0 Å². The largest absolute Gasteiger partial charge is 0.361 e. The van der Waals surface area contributed by atoms with E-state index in [1.165, 1.54) is 4.88 Å². The van der Waals surface area contributed by atoms with Gasteiger partial charge in [0.1, 0.15) is 11.9 Å². The number of aromatic amines is 1. The molecule has 0 radical (unpaired) electrons. The smallest absolute Gasteiger partial charge is 0.150 e. The Hall–Kier alpha value is -1.69. The van der Waals surface area contributed by atoms with Gasteiger partial charge in [-0.15, -0.1) is 11.3 Å². The maximum absolute atomic E-state index is 6.49. The van der Waals surface area contributed by atoms with Crippen molar-refractivity contribution in [3.05, 3.63) is 52.5 Å². The SMILES string of the molecule is CN1CCC(OC(c2nc3ccccc3[nH]2)c2cccs2)CC1. The fourth-order valence-electron chi connectivity index (χ4n) is 3.12. The fraction of sp³-hybridized carbons (Fsp3) is 0.389. The number of rotatable bonds is 4. The molecular weight excluding hydrogens is 306 g/mol. The van der Waals surface area contributed by atoms with Gasteiger partial charge in [-0.2, -0.15) is 0 Å². The Morgan fingerprint density at radius 2 is 2.04 bits per heavy atom. The van der Waals surface area contributed by atoms with E-state index in [-0.39, 0.29) is 6.10 Å². The zero-order valence-electron chi connectivity index (χ0n) is 13.2. The van der Waals surface area contributed by atoms with Crippen LogP contribution < -0.4 is 0 Å². The molecule has 1 unspecified atom stereocenters. The van der Waals surface area contributed by atoms with Crippen LogP contribution in [0.5, 0.6) is 0 Å². The van der Waals surface area contributed by atoms with Gasteiger partial charge in [0.05, 0.1) is 17.1 Å². The summed E-state index contributed by atoms with van der Waals surface area (Å²) in [7, 11) is 2.17. The van der Waals surface area contributed by atoms with Crippen LogP contribution in [0.15, 0.2) is 41.8 Å². The summed E-state index contributed by atoms with van der Waals surface area (Å²) in [4.78, 5) is 11.8. The summed E-state index contributed by atoms with van der Waals surface area (Å²) in [5.74, 6) is 0.910. The van der Waals surface area contributed by atoms with Gasteiger partial charge >= 0.3 is 0 Å². The lowest BCUT2D eigenvalue weighted by atomic mass is 10.1. The average molecular weight is 327 g/mol. The quantitative estimate of drug-likeness (QED) is 0.792. The van der Waals surface area contributed by atoms with Gasteiger partial charge in [0.15, 0.2) is 0 Å². The third-order valence-electron chi connectivity index (χ3n) is 4.45. The Kier molecular flexibility index (Phi) is 4.16. The Labute approximate surface area is 140 Å². The molecule has 0 amide bonds. The predicted octanol–water partition coefficient (Wildman–Crippen LogP) is 3.82. The molecule has 0 spiro atoms. The zero-order valence-corrected chi connectivity index (χ0v) is 14.1. The highest BCUT2D eigenvalue weighted by molar-refractivity contribution is 7.10. The van der Waals surface area contributed by atoms with E-state index in [0.29, 0.717) is 6.10 Å². The topological polar surface area (TPSA) is 41.1 Å². The number of nitrogens with zero attached hydrogens (tertiary/aromatic N) is 2. The van der Waals surface area contributed by atoms with E-state index >= 15 is 0 Å². The number of likely N-dealkylation sites (tertiary alicyclic amines) is 1. The highest BCUT2D eigenvalue weighted by Gasteiger charge is 2.26. The van der Waals surface area contributed by atoms with Crippen molar-refractivity contribution in [2.45, 2.75) is 25.0 Å². The van der Waals surface area contributed by atoms with Crippen molar-refractivity contribution < 1.29 is 4.74 Å². The van der Waals surface area contributed by atoms with Gasteiger partial charge < -0.3 is 14.6 Å². The van der Waals surface area contributed by atoms with Gasteiger partial charge in [-0.1, -0.05) is 18.2 Å². The molecule has 1 aliphatic rings. The second kappa shape index (κ2) is 6.43. The first-order valence-electron chi connectivity index (χ1n) is 8.11. The summed E-state index contributed by atoms with van der Waals surface area (Å²) in [6.45, 7) is 2.20. The molecule has 2 aromatic heterocycles. The summed E-state index contributed by atoms with van der Waals surface area (Å²) in [6, 6.07) is 12.4. The number of hydrogen-bond acceptors (Lipinski definition) is 4. The molecule has 1 saturated heterocycles. The minimum absolute atomic E-state index is 0.101. The molecule has 3 heterocycles. The van der Waals surface area contributed by atoms with Crippen LogP contribution in [-0.4, -0.2) is 41.1 Å². The molecule has 1 atom stereocenters. The molecule has 5 heteroatoms. The first-order valence-corrected chi connectivity index (χ1v) is 8.99. The van der Waals surface area contributed by atoms with Crippen molar-refractivity contribution in [3.63, 3.8) is 0 Å². The summed E-state index contributed by atoms with van der Waals surface area (Å²) in [6.07, 6.45) is 2.36. The standard InChI is InChI=1S/C18H21N3OS/c1-21-10-8-13(9-11-21)22-17(16-7-4-12-23-16)18-19-14-5-2-3-6-15(14)20-18/h2-7,12-13,17H,8-11H2,1H3,(H,19,20). The number of para-hydroxylation sites is 2. The number of fused-ring (bicyclic) bond motifs is 1. The zero-order chi connectivity index (χ0) is 15.6. The molecule has 23 heavy (non-hydrogen) atoms. The van der Waals surface area contributed by atoms with Crippen LogP contribution in [0.3, 0.4) is 0 Å². The van der Waals surface area contributed by atoms with Crippen molar-refractivity contribution >= 4 is 22.4 Å². The molecule has 1 N–H and O–H groups in total. The summed E-state index contributed by atoms with van der Waals surface area (Å²) < 4.78 is 6.49. The van der Waals surface area contributed by atoms with Gasteiger partial charge in [0, 0.05) is 18.0 Å². The minimum atomic E-state index is -0.101. The third-order valence-corrected chi connectivity index (χ3v) is 5.37. The normalized spacial score (nSPS) is 18.5. The van der Waals surface area contributed by atoms with E-state index in [1.807, 2.05) is 18.2 Å². The van der Waals surface area contributed by atoms with Crippen molar-refractivity contribution in [2.75, 3.05) is 20.1 Å². The number of ether oxygens (including phenoxy) is 1. The number of benzene rings is 1. The van der Waals surface area contributed by atoms with E-state index < -0.39 is 0 Å². The molecule has 120 valence electrons. The first kappa shape index (κ1) is 14.9. The Bertz CT molecular complexity index is 727. The molecular formula is C18H21N3OS. The Morgan fingerprint density at radius 1 is 1.22 bits per heavy atom. The Morgan fingerprint density at radius 3 is 2.78 bits per heavy atom. The van der Waals surface area contributed by atoms with Gasteiger partial charge in [-0.3, -0.25) is 0 Å². The molecule has 1 fully saturated rings. The van der Waals surface area contributed by atoms with E-state index in [4.69, 9.17) is 9.72 Å². The van der Waals surface area contributed by atoms with Gasteiger partial charge in [0.2, 0.25) is 0 Å². The van der Waals surface area contributed by atoms with E-state index in [0.717, 1.165) is 42.8 Å². The van der Waals surface area contributed by atoms with E-state index in [2.05, 4.69) is 40.5 Å². The van der Waals surface area contributed by atoms with E-state index in [1.54, 1.807) is 11.3 Å². The lowest BCUT2D eigenvalue weighted by molar-refractivity contribution is -0.0250. The van der Waals surface area contributed by atoms with Crippen LogP contribution in [-0.2, 0) is 4.74 Å². The molecule has 4 rings (SSSR count). The van der Waals surface area contributed by atoms with Crippen molar-refractivity contribution in [2.24, 2.45) is 0 Å². The van der Waals surface area contributed by atoms with E-state index in [9.17, 15) is 0 Å². The molecule has 0 saturated carbocycles. The number of hydrogen-bond donors (Lipinski definition) is 1. The number of nitrogens with one attached hydrogen (secondary N) is 1. The van der Waals surface area contributed by atoms with Crippen molar-refractivity contribution in [1.29, 1.82) is 0 Å². The first-order chi connectivity index (χ1) is 11.3. The van der Waals surface area contributed by atoms with Crippen molar-refractivity contribution in [3.8, 4) is 0 Å². The second-order valence-corrected chi connectivity index (χ2v) is 7.15. The molecule has 1 aromatic carbocycles. The number of piperidine rings is 1. The second-order valence-electron chi connectivity index (χ2n) is 6.17. The maximum atomic E-state index is 6.49. The summed E-state index contributed by atoms with van der Waals surface area (Å²) in [5, 5.41) is 2.10. The highest BCUT2D eigenvalue weighted by Crippen LogP contribution is 2.32. The lowest BCUT2D eigenvalue weighted by Gasteiger charge is -2.31. The van der Waals surface area contributed by atoms with Gasteiger partial charge in [0.25, 0.3) is 0 Å². The maximum Gasteiger partial charge on any atom is 0.150 e. The molecule has 0 aliphatic carbocycles. The van der Waals surface area contributed by atoms with Crippen LogP contribution in [0.2, 0.25) is 0 Å². The number of aromatic nitrogens is 2.